The lowest BCUT2D eigenvalue weighted by Crippen LogP contribution is -2.38. The van der Waals surface area contributed by atoms with Gasteiger partial charge in [-0.2, -0.15) is 13.1 Å². The second kappa shape index (κ2) is 8.62. The number of carbonyl (C=O) groups is 1. The zero-order valence-corrected chi connectivity index (χ0v) is 19.2. The van der Waals surface area contributed by atoms with E-state index in [1.165, 1.54) is 15.6 Å². The lowest BCUT2D eigenvalue weighted by atomic mass is 9.99. The number of aromatic nitrogens is 4. The van der Waals surface area contributed by atoms with Crippen LogP contribution < -0.4 is 5.32 Å². The number of nitrogens with one attached hydrogen (secondary N) is 1. The standard InChI is InChI=1S/C20H18N6O3S3/c27-18(21-14-5-2-1-3-6-14)20-23-22-19(30-20)13-9-11-26(12-10-13)32(28,29)16-8-4-7-15-17(16)25-31-24-15/h1-8,13H,9-12H2,(H,21,27). The van der Waals surface area contributed by atoms with Crippen molar-refractivity contribution in [1.29, 1.82) is 0 Å². The molecular weight excluding hydrogens is 468 g/mol. The number of fused-ring (bicyclic) bond motifs is 1. The number of sulfonamides is 1. The lowest BCUT2D eigenvalue weighted by molar-refractivity contribution is 0.102. The largest absolute Gasteiger partial charge is 0.320 e. The Bertz CT molecular complexity index is 1360. The summed E-state index contributed by atoms with van der Waals surface area (Å²) in [6.07, 6.45) is 1.22. The van der Waals surface area contributed by atoms with Gasteiger partial charge in [0, 0.05) is 24.7 Å². The fraction of sp³-hybridized carbons (Fsp3) is 0.250. The number of benzene rings is 2. The number of nitrogens with zero attached hydrogens (tertiary/aromatic N) is 5. The highest BCUT2D eigenvalue weighted by Gasteiger charge is 2.33. The molecule has 0 spiro atoms. The highest BCUT2D eigenvalue weighted by molar-refractivity contribution is 7.89. The van der Waals surface area contributed by atoms with Gasteiger partial charge in [-0.1, -0.05) is 35.6 Å². The molecule has 9 nitrogen and oxygen atoms in total. The van der Waals surface area contributed by atoms with Crippen molar-refractivity contribution >= 4 is 55.7 Å². The molecule has 2 aromatic heterocycles. The molecule has 5 rings (SSSR count). The fourth-order valence-corrected chi connectivity index (χ4v) is 6.80. The average molecular weight is 487 g/mol. The second-order valence-electron chi connectivity index (χ2n) is 7.33. The summed E-state index contributed by atoms with van der Waals surface area (Å²) in [5.41, 5.74) is 1.69. The third-order valence-electron chi connectivity index (χ3n) is 5.34. The molecule has 2 aromatic carbocycles. The first-order valence-electron chi connectivity index (χ1n) is 9.93. The van der Waals surface area contributed by atoms with Crippen LogP contribution in [0.4, 0.5) is 5.69 Å². The van der Waals surface area contributed by atoms with Crippen molar-refractivity contribution in [1.82, 2.24) is 23.2 Å². The van der Waals surface area contributed by atoms with Crippen LogP contribution in [-0.4, -0.2) is 50.7 Å². The predicted octanol–water partition coefficient (Wildman–Crippen LogP) is 3.36. The van der Waals surface area contributed by atoms with Crippen molar-refractivity contribution in [3.05, 3.63) is 58.5 Å². The molecule has 0 bridgehead atoms. The van der Waals surface area contributed by atoms with Crippen LogP contribution in [0.1, 0.15) is 33.6 Å². The normalized spacial score (nSPS) is 15.8. The van der Waals surface area contributed by atoms with Crippen LogP contribution in [0.3, 0.4) is 0 Å². The molecule has 32 heavy (non-hydrogen) atoms. The van der Waals surface area contributed by atoms with Crippen LogP contribution in [0, 0.1) is 0 Å². The molecule has 0 atom stereocenters. The van der Waals surface area contributed by atoms with Gasteiger partial charge >= 0.3 is 0 Å². The van der Waals surface area contributed by atoms with E-state index in [1.54, 1.807) is 30.3 Å². The van der Waals surface area contributed by atoms with Crippen molar-refractivity contribution in [3.8, 4) is 0 Å². The van der Waals surface area contributed by atoms with E-state index in [4.69, 9.17) is 0 Å². The predicted molar refractivity (Wildman–Crippen MR) is 122 cm³/mol. The van der Waals surface area contributed by atoms with Gasteiger partial charge in [0.15, 0.2) is 0 Å². The highest BCUT2D eigenvalue weighted by Crippen LogP contribution is 2.33. The summed E-state index contributed by atoms with van der Waals surface area (Å²) < 4.78 is 36.2. The van der Waals surface area contributed by atoms with Crippen LogP contribution >= 0.6 is 23.1 Å². The van der Waals surface area contributed by atoms with Gasteiger partial charge < -0.3 is 5.32 Å². The molecule has 4 aromatic rings. The van der Waals surface area contributed by atoms with E-state index in [1.807, 2.05) is 18.2 Å². The van der Waals surface area contributed by atoms with E-state index < -0.39 is 10.0 Å². The molecule has 1 aliphatic rings. The van der Waals surface area contributed by atoms with E-state index in [0.717, 1.165) is 16.7 Å². The molecule has 1 fully saturated rings. The van der Waals surface area contributed by atoms with Gasteiger partial charge in [0.2, 0.25) is 15.0 Å². The number of amides is 1. The molecule has 1 saturated heterocycles. The zero-order chi connectivity index (χ0) is 22.1. The Hall–Kier alpha value is -2.80. The molecule has 3 heterocycles. The van der Waals surface area contributed by atoms with Crippen LogP contribution in [0.5, 0.6) is 0 Å². The van der Waals surface area contributed by atoms with Crippen LogP contribution in [0.15, 0.2) is 53.4 Å². The maximum atomic E-state index is 13.2. The fourth-order valence-electron chi connectivity index (χ4n) is 3.67. The van der Waals surface area contributed by atoms with Crippen LogP contribution in [0.2, 0.25) is 0 Å². The lowest BCUT2D eigenvalue weighted by Gasteiger charge is -2.30. The summed E-state index contributed by atoms with van der Waals surface area (Å²) in [5, 5.41) is 12.1. The maximum Gasteiger partial charge on any atom is 0.286 e. The van der Waals surface area contributed by atoms with Crippen molar-refractivity contribution in [3.63, 3.8) is 0 Å². The number of carbonyl (C=O) groups excluding carboxylic acids is 1. The van der Waals surface area contributed by atoms with Gasteiger partial charge in [-0.05, 0) is 37.1 Å². The van der Waals surface area contributed by atoms with Crippen molar-refractivity contribution in [2.75, 3.05) is 18.4 Å². The summed E-state index contributed by atoms with van der Waals surface area (Å²) >= 11 is 2.26. The van der Waals surface area contributed by atoms with E-state index in [-0.39, 0.29) is 16.7 Å². The van der Waals surface area contributed by atoms with Crippen molar-refractivity contribution in [2.45, 2.75) is 23.7 Å². The quantitative estimate of drug-likeness (QED) is 0.459. The molecule has 0 unspecified atom stereocenters. The summed E-state index contributed by atoms with van der Waals surface area (Å²) in [6, 6.07) is 14.2. The molecule has 1 aliphatic heterocycles. The third kappa shape index (κ3) is 4.01. The van der Waals surface area contributed by atoms with E-state index in [2.05, 4.69) is 24.3 Å². The van der Waals surface area contributed by atoms with E-state index in [0.29, 0.717) is 47.7 Å². The van der Waals surface area contributed by atoms with Gasteiger partial charge in [-0.3, -0.25) is 4.79 Å². The molecule has 1 N–H and O–H groups in total. The number of piperidine rings is 1. The SMILES string of the molecule is O=C(Nc1ccccc1)c1nnc(C2CCN(S(=O)(=O)c3cccc4nsnc34)CC2)s1. The summed E-state index contributed by atoms with van der Waals surface area (Å²) in [7, 11) is -3.67. The van der Waals surface area contributed by atoms with Gasteiger partial charge in [0.05, 0.1) is 11.7 Å². The van der Waals surface area contributed by atoms with Crippen molar-refractivity contribution < 1.29 is 13.2 Å². The minimum Gasteiger partial charge on any atom is -0.320 e. The summed E-state index contributed by atoms with van der Waals surface area (Å²) in [5.74, 6) is -0.237. The van der Waals surface area contributed by atoms with Crippen LogP contribution in [-0.2, 0) is 10.0 Å². The molecule has 0 saturated carbocycles. The zero-order valence-electron chi connectivity index (χ0n) is 16.7. The Balaban J connectivity index is 1.26. The van der Waals surface area contributed by atoms with E-state index in [9.17, 15) is 13.2 Å². The first-order chi connectivity index (χ1) is 15.5. The monoisotopic (exact) mass is 486 g/mol. The Morgan fingerprint density at radius 1 is 1.00 bits per heavy atom. The summed E-state index contributed by atoms with van der Waals surface area (Å²) in [4.78, 5) is 12.6. The molecule has 0 aliphatic carbocycles. The number of hydrogen-bond acceptors (Lipinski definition) is 9. The van der Waals surface area contributed by atoms with Gasteiger partial charge in [-0.25, -0.2) is 8.42 Å². The first-order valence-corrected chi connectivity index (χ1v) is 12.9. The topological polar surface area (TPSA) is 118 Å². The Kier molecular flexibility index (Phi) is 5.67. The number of anilines is 1. The molecule has 1 amide bonds. The maximum absolute atomic E-state index is 13.2. The van der Waals surface area contributed by atoms with Crippen molar-refractivity contribution in [2.24, 2.45) is 0 Å². The smallest absolute Gasteiger partial charge is 0.286 e. The second-order valence-corrected chi connectivity index (χ2v) is 10.8. The average Bonchev–Trinajstić information content (AvgIpc) is 3.49. The third-order valence-corrected chi connectivity index (χ3v) is 8.89. The highest BCUT2D eigenvalue weighted by atomic mass is 32.2. The number of rotatable bonds is 5. The van der Waals surface area contributed by atoms with E-state index >= 15 is 0 Å². The van der Waals surface area contributed by atoms with Crippen LogP contribution in [0.25, 0.3) is 11.0 Å². The Morgan fingerprint density at radius 2 is 1.78 bits per heavy atom. The summed E-state index contributed by atoms with van der Waals surface area (Å²) in [6.45, 7) is 0.734. The minimum atomic E-state index is -3.67. The molecular formula is C20H18N6O3S3. The van der Waals surface area contributed by atoms with Gasteiger partial charge in [-0.15, -0.1) is 10.2 Å². The molecule has 12 heteroatoms. The minimum absolute atomic E-state index is 0.0638. The number of para-hydroxylation sites is 1. The van der Waals surface area contributed by atoms with Gasteiger partial charge in [0.1, 0.15) is 20.9 Å². The number of hydrogen-bond donors (Lipinski definition) is 1. The Morgan fingerprint density at radius 3 is 2.56 bits per heavy atom. The molecule has 0 radical (unpaired) electrons. The first kappa shape index (κ1) is 21.1. The Labute approximate surface area is 192 Å². The molecule has 164 valence electrons. The van der Waals surface area contributed by atoms with Gasteiger partial charge in [0.25, 0.3) is 5.91 Å².